The molecule has 0 bridgehead atoms. The van der Waals surface area contributed by atoms with Crippen LogP contribution in [0.1, 0.15) is 19.3 Å². The van der Waals surface area contributed by atoms with Crippen molar-refractivity contribution in [2.24, 2.45) is 9.98 Å². The Hall–Kier alpha value is -0.360. The minimum absolute atomic E-state index is 0.330. The number of hydrogen-bond acceptors (Lipinski definition) is 6. The van der Waals surface area contributed by atoms with Gasteiger partial charge in [0, 0.05) is 0 Å². The molecular formula is C13H22N2O2S2. The monoisotopic (exact) mass is 302 g/mol. The zero-order valence-electron chi connectivity index (χ0n) is 11.6. The highest BCUT2D eigenvalue weighted by molar-refractivity contribution is 7.98. The van der Waals surface area contributed by atoms with Crippen LogP contribution in [-0.2, 0) is 9.47 Å². The van der Waals surface area contributed by atoms with Crippen molar-refractivity contribution in [1.82, 2.24) is 0 Å². The third-order valence-electron chi connectivity index (χ3n) is 3.15. The second kappa shape index (κ2) is 8.04. The number of aliphatic imine (C=N–C) groups is 2. The molecule has 0 fully saturated rings. The van der Waals surface area contributed by atoms with Crippen molar-refractivity contribution in [3.05, 3.63) is 0 Å². The van der Waals surface area contributed by atoms with Gasteiger partial charge in [0.05, 0.1) is 18.5 Å². The van der Waals surface area contributed by atoms with Gasteiger partial charge in [0.25, 0.3) is 0 Å². The molecule has 0 saturated heterocycles. The molecule has 2 aliphatic rings. The molecule has 0 radical (unpaired) electrons. The Labute approximate surface area is 123 Å². The van der Waals surface area contributed by atoms with E-state index in [4.69, 9.17) is 9.47 Å². The van der Waals surface area contributed by atoms with Gasteiger partial charge in [-0.1, -0.05) is 0 Å². The Bertz CT molecular complexity index is 316. The topological polar surface area (TPSA) is 43.2 Å². The molecule has 0 N–H and O–H groups in total. The van der Waals surface area contributed by atoms with E-state index in [-0.39, 0.29) is 0 Å². The van der Waals surface area contributed by atoms with Crippen LogP contribution in [0.2, 0.25) is 0 Å². The van der Waals surface area contributed by atoms with Crippen molar-refractivity contribution >= 4 is 35.3 Å². The van der Waals surface area contributed by atoms with Crippen LogP contribution >= 0.6 is 23.5 Å². The van der Waals surface area contributed by atoms with Gasteiger partial charge in [-0.2, -0.15) is 23.5 Å². The SMILES string of the molecule is CSCC[C@H]1COC(CC2=N[C@@H](CCSC)CO2)=N1. The number of rotatable bonds is 8. The molecule has 2 heterocycles. The highest BCUT2D eigenvalue weighted by Crippen LogP contribution is 2.17. The van der Waals surface area contributed by atoms with Crippen molar-refractivity contribution in [2.45, 2.75) is 31.3 Å². The Morgan fingerprint density at radius 1 is 0.947 bits per heavy atom. The zero-order chi connectivity index (χ0) is 13.5. The van der Waals surface area contributed by atoms with Crippen LogP contribution in [0.4, 0.5) is 0 Å². The summed E-state index contributed by atoms with van der Waals surface area (Å²) >= 11 is 3.71. The number of hydrogen-bond donors (Lipinski definition) is 0. The average Bonchev–Trinajstić information content (AvgIpc) is 3.04. The summed E-state index contributed by atoms with van der Waals surface area (Å²) in [6, 6.07) is 0.661. The van der Waals surface area contributed by atoms with Crippen LogP contribution in [0, 0.1) is 0 Å². The van der Waals surface area contributed by atoms with Crippen molar-refractivity contribution in [3.8, 4) is 0 Å². The molecule has 0 aliphatic carbocycles. The van der Waals surface area contributed by atoms with E-state index >= 15 is 0 Å². The molecule has 4 nitrogen and oxygen atoms in total. The molecule has 19 heavy (non-hydrogen) atoms. The van der Waals surface area contributed by atoms with Crippen molar-refractivity contribution in [2.75, 3.05) is 37.2 Å². The molecule has 0 spiro atoms. The summed E-state index contributed by atoms with van der Waals surface area (Å²) in [6.45, 7) is 1.44. The fourth-order valence-corrected chi connectivity index (χ4v) is 3.08. The van der Waals surface area contributed by atoms with Gasteiger partial charge < -0.3 is 9.47 Å². The molecule has 0 saturated carbocycles. The van der Waals surface area contributed by atoms with E-state index < -0.39 is 0 Å². The lowest BCUT2D eigenvalue weighted by molar-refractivity contribution is 0.296. The van der Waals surface area contributed by atoms with E-state index in [2.05, 4.69) is 22.5 Å². The van der Waals surface area contributed by atoms with E-state index in [1.165, 1.54) is 0 Å². The van der Waals surface area contributed by atoms with Gasteiger partial charge in [0.1, 0.15) is 13.2 Å². The summed E-state index contributed by atoms with van der Waals surface area (Å²) in [7, 11) is 0. The second-order valence-corrected chi connectivity index (χ2v) is 6.69. The molecule has 0 unspecified atom stereocenters. The van der Waals surface area contributed by atoms with Gasteiger partial charge in [-0.25, -0.2) is 9.98 Å². The molecule has 6 heteroatoms. The average molecular weight is 302 g/mol. The van der Waals surface area contributed by atoms with E-state index in [0.29, 0.717) is 18.5 Å². The summed E-state index contributed by atoms with van der Waals surface area (Å²) in [5.41, 5.74) is 0. The van der Waals surface area contributed by atoms with E-state index in [1.54, 1.807) is 0 Å². The van der Waals surface area contributed by atoms with Crippen molar-refractivity contribution in [1.29, 1.82) is 0 Å². The lowest BCUT2D eigenvalue weighted by Gasteiger charge is -2.02. The first-order chi connectivity index (χ1) is 9.31. The summed E-state index contributed by atoms with van der Waals surface area (Å²) in [6.07, 6.45) is 7.06. The van der Waals surface area contributed by atoms with Gasteiger partial charge in [-0.15, -0.1) is 0 Å². The van der Waals surface area contributed by atoms with E-state index in [1.807, 2.05) is 23.5 Å². The van der Waals surface area contributed by atoms with Crippen LogP contribution < -0.4 is 0 Å². The number of ether oxygens (including phenoxy) is 2. The summed E-state index contributed by atoms with van der Waals surface area (Å²) < 4.78 is 11.2. The predicted molar refractivity (Wildman–Crippen MR) is 85.0 cm³/mol. The molecule has 0 amide bonds. The summed E-state index contributed by atoms with van der Waals surface area (Å²) in [5, 5.41) is 0. The third-order valence-corrected chi connectivity index (χ3v) is 4.44. The molecule has 0 aromatic rings. The Balaban J connectivity index is 1.76. The van der Waals surface area contributed by atoms with Gasteiger partial charge in [-0.3, -0.25) is 0 Å². The molecule has 0 aromatic carbocycles. The second-order valence-electron chi connectivity index (χ2n) is 4.72. The lowest BCUT2D eigenvalue weighted by atomic mass is 10.2. The first-order valence-corrected chi connectivity index (χ1v) is 9.47. The molecular weight excluding hydrogens is 280 g/mol. The van der Waals surface area contributed by atoms with Gasteiger partial charge in [-0.05, 0) is 36.9 Å². The Morgan fingerprint density at radius 3 is 1.84 bits per heavy atom. The van der Waals surface area contributed by atoms with E-state index in [9.17, 15) is 0 Å². The number of thioether (sulfide) groups is 2. The maximum atomic E-state index is 5.62. The van der Waals surface area contributed by atoms with Crippen molar-refractivity contribution < 1.29 is 9.47 Å². The molecule has 2 aliphatic heterocycles. The standard InChI is InChI=1S/C13H22N2O2S2/c1-18-5-3-10-8-16-12(14-10)7-13-15-11(9-17-13)4-6-19-2/h10-11H,3-9H2,1-2H3/t10-,11-/m0/s1. The summed E-state index contributed by atoms with van der Waals surface area (Å²) in [5.74, 6) is 3.88. The number of nitrogens with zero attached hydrogens (tertiary/aromatic N) is 2. The first-order valence-electron chi connectivity index (χ1n) is 6.68. The summed E-state index contributed by atoms with van der Waals surface area (Å²) in [4.78, 5) is 9.18. The van der Waals surface area contributed by atoms with Crippen LogP contribution in [0.5, 0.6) is 0 Å². The molecule has 2 rings (SSSR count). The van der Waals surface area contributed by atoms with Gasteiger partial charge in [0.15, 0.2) is 11.8 Å². The van der Waals surface area contributed by atoms with Crippen molar-refractivity contribution in [3.63, 3.8) is 0 Å². The molecule has 108 valence electrons. The molecule has 2 atom stereocenters. The fourth-order valence-electron chi connectivity index (χ4n) is 2.07. The minimum atomic E-state index is 0.330. The Morgan fingerprint density at radius 2 is 1.42 bits per heavy atom. The smallest absolute Gasteiger partial charge is 0.193 e. The van der Waals surface area contributed by atoms with Gasteiger partial charge >= 0.3 is 0 Å². The maximum Gasteiger partial charge on any atom is 0.193 e. The zero-order valence-corrected chi connectivity index (χ0v) is 13.3. The predicted octanol–water partition coefficient (Wildman–Crippen LogP) is 2.48. The maximum absolute atomic E-state index is 5.62. The van der Waals surface area contributed by atoms with Crippen LogP contribution in [-0.4, -0.2) is 61.1 Å². The van der Waals surface area contributed by atoms with Crippen LogP contribution in [0.25, 0.3) is 0 Å². The van der Waals surface area contributed by atoms with Crippen LogP contribution in [0.15, 0.2) is 9.98 Å². The first kappa shape index (κ1) is 15.0. The van der Waals surface area contributed by atoms with Gasteiger partial charge in [0.2, 0.25) is 0 Å². The van der Waals surface area contributed by atoms with Crippen LogP contribution in [0.3, 0.4) is 0 Å². The minimum Gasteiger partial charge on any atom is -0.478 e. The quantitative estimate of drug-likeness (QED) is 0.691. The Kier molecular flexibility index (Phi) is 6.37. The normalized spacial score (nSPS) is 25.8. The largest absolute Gasteiger partial charge is 0.478 e. The van der Waals surface area contributed by atoms with E-state index in [0.717, 1.165) is 49.4 Å². The lowest BCUT2D eigenvalue weighted by Crippen LogP contribution is -2.09. The highest BCUT2D eigenvalue weighted by atomic mass is 32.2. The third kappa shape index (κ3) is 4.91. The molecule has 0 aromatic heterocycles. The fraction of sp³-hybridized carbons (Fsp3) is 0.846. The highest BCUT2D eigenvalue weighted by Gasteiger charge is 2.24.